The van der Waals surface area contributed by atoms with E-state index >= 15 is 0 Å². The number of carbonyl (C=O) groups is 1. The maximum absolute atomic E-state index is 11.6. The van der Waals surface area contributed by atoms with Crippen molar-refractivity contribution in [1.29, 1.82) is 0 Å². The molecule has 18 heavy (non-hydrogen) atoms. The first-order valence-electron chi connectivity index (χ1n) is 6.39. The minimum absolute atomic E-state index is 0.0188. The van der Waals surface area contributed by atoms with Crippen molar-refractivity contribution in [2.45, 2.75) is 25.8 Å². The SMILES string of the molecule is Cc1cccc(OCCN(C(=O)CN)C2CC2)c1. The molecule has 1 aromatic rings. The van der Waals surface area contributed by atoms with Crippen molar-refractivity contribution < 1.29 is 9.53 Å². The molecule has 1 aromatic carbocycles. The average Bonchev–Trinajstić information content (AvgIpc) is 3.18. The Morgan fingerprint density at radius 2 is 2.28 bits per heavy atom. The minimum Gasteiger partial charge on any atom is -0.492 e. The number of rotatable bonds is 6. The Balaban J connectivity index is 1.81. The van der Waals surface area contributed by atoms with Crippen LogP contribution >= 0.6 is 0 Å². The highest BCUT2D eigenvalue weighted by Gasteiger charge is 2.31. The van der Waals surface area contributed by atoms with Crippen molar-refractivity contribution in [3.8, 4) is 5.75 Å². The molecule has 1 aliphatic rings. The molecule has 0 spiro atoms. The minimum atomic E-state index is 0.0188. The summed E-state index contributed by atoms with van der Waals surface area (Å²) in [5, 5.41) is 0. The van der Waals surface area contributed by atoms with Gasteiger partial charge in [0.1, 0.15) is 12.4 Å². The lowest BCUT2D eigenvalue weighted by Crippen LogP contribution is -2.40. The van der Waals surface area contributed by atoms with E-state index in [1.54, 1.807) is 0 Å². The van der Waals surface area contributed by atoms with E-state index in [9.17, 15) is 4.79 Å². The van der Waals surface area contributed by atoms with Gasteiger partial charge in [-0.25, -0.2) is 0 Å². The summed E-state index contributed by atoms with van der Waals surface area (Å²) < 4.78 is 5.66. The van der Waals surface area contributed by atoms with Crippen LogP contribution in [0, 0.1) is 6.92 Å². The molecule has 1 aliphatic carbocycles. The molecule has 0 unspecified atom stereocenters. The van der Waals surface area contributed by atoms with E-state index in [2.05, 4.69) is 0 Å². The Kier molecular flexibility index (Phi) is 4.20. The summed E-state index contributed by atoms with van der Waals surface area (Å²) in [5.41, 5.74) is 6.58. The predicted molar refractivity (Wildman–Crippen MR) is 70.5 cm³/mol. The maximum Gasteiger partial charge on any atom is 0.236 e. The molecule has 2 rings (SSSR count). The summed E-state index contributed by atoms with van der Waals surface area (Å²) in [5.74, 6) is 0.872. The number of benzene rings is 1. The molecule has 98 valence electrons. The van der Waals surface area contributed by atoms with Crippen molar-refractivity contribution in [3.63, 3.8) is 0 Å². The Hall–Kier alpha value is -1.55. The standard InChI is InChI=1S/C14H20N2O2/c1-11-3-2-4-13(9-11)18-8-7-16(12-5-6-12)14(17)10-15/h2-4,9,12H,5-8,10,15H2,1H3. The number of amides is 1. The molecule has 0 saturated heterocycles. The summed E-state index contributed by atoms with van der Waals surface area (Å²) in [6, 6.07) is 8.31. The quantitative estimate of drug-likeness (QED) is 0.826. The van der Waals surface area contributed by atoms with Crippen LogP contribution in [0.5, 0.6) is 5.75 Å². The van der Waals surface area contributed by atoms with Gasteiger partial charge in [-0.15, -0.1) is 0 Å². The highest BCUT2D eigenvalue weighted by Crippen LogP contribution is 2.26. The molecule has 4 nitrogen and oxygen atoms in total. The second-order valence-corrected chi connectivity index (χ2v) is 4.69. The summed E-state index contributed by atoms with van der Waals surface area (Å²) >= 11 is 0. The highest BCUT2D eigenvalue weighted by molar-refractivity contribution is 5.78. The topological polar surface area (TPSA) is 55.6 Å². The van der Waals surface area contributed by atoms with E-state index in [-0.39, 0.29) is 12.5 Å². The van der Waals surface area contributed by atoms with Crippen molar-refractivity contribution in [2.75, 3.05) is 19.7 Å². The molecule has 1 saturated carbocycles. The number of ether oxygens (including phenoxy) is 1. The van der Waals surface area contributed by atoms with Gasteiger partial charge in [-0.1, -0.05) is 12.1 Å². The first kappa shape index (κ1) is 12.9. The third-order valence-corrected chi connectivity index (χ3v) is 3.07. The molecule has 0 heterocycles. The van der Waals surface area contributed by atoms with E-state index in [4.69, 9.17) is 10.5 Å². The third kappa shape index (κ3) is 3.47. The summed E-state index contributed by atoms with van der Waals surface area (Å²) in [7, 11) is 0. The van der Waals surface area contributed by atoms with Gasteiger partial charge in [0.15, 0.2) is 0 Å². The molecular formula is C14H20N2O2. The van der Waals surface area contributed by atoms with E-state index in [1.807, 2.05) is 36.1 Å². The lowest BCUT2D eigenvalue weighted by atomic mass is 10.2. The molecule has 0 bridgehead atoms. The number of hydrogen-bond donors (Lipinski definition) is 1. The Morgan fingerprint density at radius 1 is 1.50 bits per heavy atom. The van der Waals surface area contributed by atoms with Crippen LogP contribution in [0.3, 0.4) is 0 Å². The fraction of sp³-hybridized carbons (Fsp3) is 0.500. The lowest BCUT2D eigenvalue weighted by molar-refractivity contribution is -0.130. The van der Waals surface area contributed by atoms with Gasteiger partial charge in [-0.3, -0.25) is 4.79 Å². The van der Waals surface area contributed by atoms with Crippen molar-refractivity contribution in [1.82, 2.24) is 4.90 Å². The van der Waals surface area contributed by atoms with Crippen LogP contribution in [0.2, 0.25) is 0 Å². The van der Waals surface area contributed by atoms with Crippen LogP contribution < -0.4 is 10.5 Å². The number of nitrogens with two attached hydrogens (primary N) is 1. The van der Waals surface area contributed by atoms with Crippen LogP contribution in [0.1, 0.15) is 18.4 Å². The van der Waals surface area contributed by atoms with Crippen molar-refractivity contribution in [3.05, 3.63) is 29.8 Å². The Bertz CT molecular complexity index is 416. The largest absolute Gasteiger partial charge is 0.492 e. The van der Waals surface area contributed by atoms with Gasteiger partial charge in [0.05, 0.1) is 13.1 Å². The number of nitrogens with zero attached hydrogens (tertiary/aromatic N) is 1. The normalized spacial score (nSPS) is 14.3. The van der Waals surface area contributed by atoms with Gasteiger partial charge in [-0.2, -0.15) is 0 Å². The zero-order valence-electron chi connectivity index (χ0n) is 10.8. The number of carbonyl (C=O) groups excluding carboxylic acids is 1. The fourth-order valence-electron chi connectivity index (χ4n) is 1.98. The van der Waals surface area contributed by atoms with E-state index in [1.165, 1.54) is 5.56 Å². The Labute approximate surface area is 108 Å². The average molecular weight is 248 g/mol. The van der Waals surface area contributed by atoms with Crippen LogP contribution in [0.4, 0.5) is 0 Å². The van der Waals surface area contributed by atoms with Gasteiger partial charge < -0.3 is 15.4 Å². The van der Waals surface area contributed by atoms with Crippen molar-refractivity contribution in [2.24, 2.45) is 5.73 Å². The summed E-state index contributed by atoms with van der Waals surface area (Å²) in [6.45, 7) is 3.25. The zero-order valence-corrected chi connectivity index (χ0v) is 10.8. The third-order valence-electron chi connectivity index (χ3n) is 3.07. The summed E-state index contributed by atoms with van der Waals surface area (Å²) in [6.07, 6.45) is 2.19. The highest BCUT2D eigenvalue weighted by atomic mass is 16.5. The van der Waals surface area contributed by atoms with Crippen LogP contribution in [0.15, 0.2) is 24.3 Å². The van der Waals surface area contributed by atoms with Crippen LogP contribution in [-0.4, -0.2) is 36.5 Å². The first-order chi connectivity index (χ1) is 8.70. The molecule has 0 atom stereocenters. The molecule has 2 N–H and O–H groups in total. The summed E-state index contributed by atoms with van der Waals surface area (Å²) in [4.78, 5) is 13.5. The van der Waals surface area contributed by atoms with Crippen LogP contribution in [-0.2, 0) is 4.79 Å². The monoisotopic (exact) mass is 248 g/mol. The van der Waals surface area contributed by atoms with Gasteiger partial charge in [-0.05, 0) is 37.5 Å². The molecular weight excluding hydrogens is 228 g/mol. The first-order valence-corrected chi connectivity index (χ1v) is 6.39. The zero-order chi connectivity index (χ0) is 13.0. The van der Waals surface area contributed by atoms with E-state index in [0.717, 1.165) is 18.6 Å². The van der Waals surface area contributed by atoms with Crippen LogP contribution in [0.25, 0.3) is 0 Å². The number of hydrogen-bond acceptors (Lipinski definition) is 3. The molecule has 0 aliphatic heterocycles. The second-order valence-electron chi connectivity index (χ2n) is 4.69. The van der Waals surface area contributed by atoms with Crippen molar-refractivity contribution >= 4 is 5.91 Å². The molecule has 0 aromatic heterocycles. The molecule has 0 radical (unpaired) electrons. The Morgan fingerprint density at radius 3 is 2.89 bits per heavy atom. The number of aryl methyl sites for hydroxylation is 1. The lowest BCUT2D eigenvalue weighted by Gasteiger charge is -2.21. The van der Waals surface area contributed by atoms with E-state index in [0.29, 0.717) is 19.2 Å². The maximum atomic E-state index is 11.6. The molecule has 1 amide bonds. The van der Waals surface area contributed by atoms with Gasteiger partial charge in [0.25, 0.3) is 0 Å². The molecule has 1 fully saturated rings. The van der Waals surface area contributed by atoms with Gasteiger partial charge in [0, 0.05) is 6.04 Å². The molecule has 4 heteroatoms. The smallest absolute Gasteiger partial charge is 0.236 e. The predicted octanol–water partition coefficient (Wildman–Crippen LogP) is 1.32. The van der Waals surface area contributed by atoms with E-state index < -0.39 is 0 Å². The van der Waals surface area contributed by atoms with Gasteiger partial charge in [0.2, 0.25) is 5.91 Å². The fourth-order valence-corrected chi connectivity index (χ4v) is 1.98. The second kappa shape index (κ2) is 5.87. The van der Waals surface area contributed by atoms with Gasteiger partial charge >= 0.3 is 0 Å².